The predicted octanol–water partition coefficient (Wildman–Crippen LogP) is 9.32. The Morgan fingerprint density at radius 2 is 0.781 bits per heavy atom. The topological polar surface area (TPSA) is 74.6 Å². The van der Waals surface area contributed by atoms with Crippen molar-refractivity contribution in [2.45, 2.75) is 155 Å². The van der Waals surface area contributed by atoms with Gasteiger partial charge in [-0.1, -0.05) is 122 Å². The number of unbranched alkanes of at least 4 members (excludes halogenated alkanes) is 17. The zero-order valence-corrected chi connectivity index (χ0v) is 21.4. The molecule has 0 unspecified atom stereocenters. The molecule has 32 heavy (non-hydrogen) atoms. The van der Waals surface area contributed by atoms with Gasteiger partial charge in [0.15, 0.2) is 0 Å². The van der Waals surface area contributed by atoms with Gasteiger partial charge < -0.3 is 10.2 Å². The molecule has 0 fully saturated rings. The van der Waals surface area contributed by atoms with Gasteiger partial charge in [-0.2, -0.15) is 0 Å². The third-order valence-corrected chi connectivity index (χ3v) is 5.65. The van der Waals surface area contributed by atoms with Gasteiger partial charge in [-0.3, -0.25) is 9.59 Å². The van der Waals surface area contributed by atoms with Crippen LogP contribution in [-0.2, 0) is 9.59 Å². The van der Waals surface area contributed by atoms with Gasteiger partial charge in [0.1, 0.15) is 0 Å². The summed E-state index contributed by atoms with van der Waals surface area (Å²) in [5.74, 6) is -1.32. The zero-order valence-electron chi connectivity index (χ0n) is 21.4. The molecule has 0 aromatic heterocycles. The number of hydrogen-bond acceptors (Lipinski definition) is 2. The average Bonchev–Trinajstić information content (AvgIpc) is 2.76. The van der Waals surface area contributed by atoms with Gasteiger partial charge in [0.2, 0.25) is 0 Å². The molecule has 0 aliphatic rings. The molecule has 0 aliphatic heterocycles. The van der Waals surface area contributed by atoms with Crippen LogP contribution in [-0.4, -0.2) is 22.2 Å². The molecule has 4 nitrogen and oxygen atoms in total. The van der Waals surface area contributed by atoms with E-state index in [4.69, 9.17) is 10.2 Å². The van der Waals surface area contributed by atoms with Crippen LogP contribution in [0.3, 0.4) is 0 Å². The number of carbonyl (C=O) groups is 2. The van der Waals surface area contributed by atoms with Crippen LogP contribution >= 0.6 is 0 Å². The maximum atomic E-state index is 10.3. The molecule has 0 heterocycles. The highest BCUT2D eigenvalue weighted by Crippen LogP contribution is 2.12. The molecule has 0 amide bonds. The van der Waals surface area contributed by atoms with Gasteiger partial charge in [0, 0.05) is 12.8 Å². The van der Waals surface area contributed by atoms with Crippen molar-refractivity contribution >= 4 is 11.9 Å². The molecule has 0 aromatic rings. The Morgan fingerprint density at radius 3 is 1.16 bits per heavy atom. The largest absolute Gasteiger partial charge is 0.481 e. The maximum Gasteiger partial charge on any atom is 0.303 e. The van der Waals surface area contributed by atoms with Crippen LogP contribution in [0.5, 0.6) is 0 Å². The molecule has 0 aliphatic carbocycles. The number of allylic oxidation sites excluding steroid dienone is 2. The predicted molar refractivity (Wildman–Crippen MR) is 137 cm³/mol. The Hall–Kier alpha value is -1.32. The van der Waals surface area contributed by atoms with Crippen LogP contribution in [0.15, 0.2) is 12.2 Å². The highest BCUT2D eigenvalue weighted by Gasteiger charge is 1.97. The van der Waals surface area contributed by atoms with Crippen molar-refractivity contribution in [3.63, 3.8) is 0 Å². The molecule has 0 atom stereocenters. The monoisotopic (exact) mass is 454 g/mol. The molecule has 190 valence electrons. The van der Waals surface area contributed by atoms with Crippen molar-refractivity contribution in [2.75, 3.05) is 0 Å². The van der Waals surface area contributed by atoms with Gasteiger partial charge in [-0.25, -0.2) is 0 Å². The highest BCUT2D eigenvalue weighted by molar-refractivity contribution is 5.66. The molecule has 0 bridgehead atoms. The fourth-order valence-electron chi connectivity index (χ4n) is 3.57. The van der Waals surface area contributed by atoms with E-state index in [1.807, 2.05) is 0 Å². The lowest BCUT2D eigenvalue weighted by atomic mass is 10.1. The first kappa shape index (κ1) is 32.9. The van der Waals surface area contributed by atoms with Gasteiger partial charge in [-0.15, -0.1) is 0 Å². The maximum absolute atomic E-state index is 10.3. The van der Waals surface area contributed by atoms with E-state index in [0.29, 0.717) is 12.8 Å². The van der Waals surface area contributed by atoms with Crippen LogP contribution < -0.4 is 0 Å². The minimum absolute atomic E-state index is 0.330. The standard InChI is InChI=1S/C14H28O2.C14H26O2/c2*1-2-3-4-5-6-7-8-9-10-11-12-13-14(15)16/h2-13H2,1H3,(H,15,16);5-6H,2-4,7-13H2,1H3,(H,15,16). The second-order valence-electron chi connectivity index (χ2n) is 8.99. The lowest BCUT2D eigenvalue weighted by Crippen LogP contribution is -1.93. The van der Waals surface area contributed by atoms with Crippen molar-refractivity contribution in [3.8, 4) is 0 Å². The van der Waals surface area contributed by atoms with Crippen LogP contribution in [0.1, 0.15) is 155 Å². The molecule has 0 saturated heterocycles. The second kappa shape index (κ2) is 29.7. The summed E-state index contributed by atoms with van der Waals surface area (Å²) in [5.41, 5.74) is 0. The van der Waals surface area contributed by atoms with E-state index in [1.54, 1.807) is 0 Å². The van der Waals surface area contributed by atoms with Crippen molar-refractivity contribution in [1.29, 1.82) is 0 Å². The van der Waals surface area contributed by atoms with E-state index < -0.39 is 11.9 Å². The molecular weight excluding hydrogens is 400 g/mol. The molecule has 2 N–H and O–H groups in total. The lowest BCUT2D eigenvalue weighted by molar-refractivity contribution is -0.138. The molecule has 4 heteroatoms. The minimum Gasteiger partial charge on any atom is -0.481 e. The molecule has 0 radical (unpaired) electrons. The van der Waals surface area contributed by atoms with E-state index in [0.717, 1.165) is 25.7 Å². The SMILES string of the molecule is CCCCC=CCCCCCCCC(=O)O.CCCCCCCCCCCCCC(=O)O. The first-order chi connectivity index (χ1) is 15.5. The number of rotatable bonds is 23. The van der Waals surface area contributed by atoms with E-state index in [-0.39, 0.29) is 0 Å². The van der Waals surface area contributed by atoms with E-state index in [9.17, 15) is 9.59 Å². The smallest absolute Gasteiger partial charge is 0.303 e. The van der Waals surface area contributed by atoms with E-state index in [1.165, 1.54) is 103 Å². The van der Waals surface area contributed by atoms with Gasteiger partial charge in [0.05, 0.1) is 0 Å². The number of hydrogen-bond donors (Lipinski definition) is 2. The summed E-state index contributed by atoms with van der Waals surface area (Å²) in [4.78, 5) is 20.5. The fourth-order valence-corrected chi connectivity index (χ4v) is 3.57. The Kier molecular flexibility index (Phi) is 30.5. The molecule has 0 aromatic carbocycles. The van der Waals surface area contributed by atoms with Gasteiger partial charge >= 0.3 is 11.9 Å². The zero-order chi connectivity index (χ0) is 24.1. The average molecular weight is 455 g/mol. The number of carboxylic acid groups (broad SMARTS) is 2. The molecule has 0 spiro atoms. The molecular formula is C28H54O4. The summed E-state index contributed by atoms with van der Waals surface area (Å²) in [7, 11) is 0. The third-order valence-electron chi connectivity index (χ3n) is 5.65. The van der Waals surface area contributed by atoms with Crippen LogP contribution in [0, 0.1) is 0 Å². The van der Waals surface area contributed by atoms with Crippen molar-refractivity contribution in [3.05, 3.63) is 12.2 Å². The van der Waals surface area contributed by atoms with Gasteiger partial charge in [0.25, 0.3) is 0 Å². The highest BCUT2D eigenvalue weighted by atomic mass is 16.4. The summed E-state index contributed by atoms with van der Waals surface area (Å²) >= 11 is 0. The lowest BCUT2D eigenvalue weighted by Gasteiger charge is -2.01. The van der Waals surface area contributed by atoms with E-state index in [2.05, 4.69) is 26.0 Å². The summed E-state index contributed by atoms with van der Waals surface area (Å²) in [6, 6.07) is 0. The van der Waals surface area contributed by atoms with Crippen molar-refractivity contribution in [2.24, 2.45) is 0 Å². The van der Waals surface area contributed by atoms with Crippen LogP contribution in [0.2, 0.25) is 0 Å². The van der Waals surface area contributed by atoms with E-state index >= 15 is 0 Å². The number of carboxylic acids is 2. The molecule has 0 rings (SSSR count). The second-order valence-corrected chi connectivity index (χ2v) is 8.99. The van der Waals surface area contributed by atoms with Crippen LogP contribution in [0.25, 0.3) is 0 Å². The summed E-state index contributed by atoms with van der Waals surface area (Å²) in [6.07, 6.45) is 29.8. The summed E-state index contributed by atoms with van der Waals surface area (Å²) in [6.45, 7) is 4.46. The molecule has 0 saturated carbocycles. The normalized spacial score (nSPS) is 10.8. The Balaban J connectivity index is 0. The first-order valence-corrected chi connectivity index (χ1v) is 13.6. The Bertz CT molecular complexity index is 418. The number of aliphatic carboxylic acids is 2. The van der Waals surface area contributed by atoms with Crippen LogP contribution in [0.4, 0.5) is 0 Å². The van der Waals surface area contributed by atoms with Crippen molar-refractivity contribution < 1.29 is 19.8 Å². The van der Waals surface area contributed by atoms with Gasteiger partial charge in [-0.05, 0) is 32.1 Å². The first-order valence-electron chi connectivity index (χ1n) is 13.6. The fraction of sp³-hybridized carbons (Fsp3) is 0.857. The Labute approximate surface area is 199 Å². The summed E-state index contributed by atoms with van der Waals surface area (Å²) in [5, 5.41) is 16.9. The third kappa shape index (κ3) is 36.1. The quantitative estimate of drug-likeness (QED) is 0.119. The summed E-state index contributed by atoms with van der Waals surface area (Å²) < 4.78 is 0. The minimum atomic E-state index is -0.668. The Morgan fingerprint density at radius 1 is 0.469 bits per heavy atom. The van der Waals surface area contributed by atoms with Crippen molar-refractivity contribution in [1.82, 2.24) is 0 Å².